The van der Waals surface area contributed by atoms with Crippen LogP contribution in [0.4, 0.5) is 0 Å². The summed E-state index contributed by atoms with van der Waals surface area (Å²) >= 11 is 6.00. The first-order valence-electron chi connectivity index (χ1n) is 8.14. The van der Waals surface area contributed by atoms with Crippen molar-refractivity contribution in [3.05, 3.63) is 65.4 Å². The van der Waals surface area contributed by atoms with Crippen LogP contribution < -0.4 is 4.72 Å². The molecule has 2 N–H and O–H groups in total. The number of rotatable bonds is 6. The maximum atomic E-state index is 12.7. The Hall–Kier alpha value is -2.04. The Morgan fingerprint density at radius 1 is 1.04 bits per heavy atom. The van der Waals surface area contributed by atoms with Crippen molar-refractivity contribution in [2.45, 2.75) is 22.2 Å². The Labute approximate surface area is 168 Å². The van der Waals surface area contributed by atoms with Crippen LogP contribution in [-0.2, 0) is 19.9 Å². The molecular weight excluding hydrogens is 424 g/mol. The van der Waals surface area contributed by atoms with Gasteiger partial charge in [0.25, 0.3) is 0 Å². The highest BCUT2D eigenvalue weighted by molar-refractivity contribution is 7.92. The summed E-state index contributed by atoms with van der Waals surface area (Å²) in [6.45, 7) is 1.10. The Bertz CT molecular complexity index is 1230. The zero-order chi connectivity index (χ0) is 20.5. The molecule has 148 valence electrons. The van der Waals surface area contributed by atoms with E-state index in [4.69, 9.17) is 11.6 Å². The third-order valence-corrected chi connectivity index (χ3v) is 7.76. The molecule has 2 aromatic carbocycles. The number of fused-ring (bicyclic) bond motifs is 1. The average molecular weight is 441 g/mol. The van der Waals surface area contributed by atoms with Gasteiger partial charge in [-0.05, 0) is 31.2 Å². The maximum absolute atomic E-state index is 12.7. The quantitative estimate of drug-likeness (QED) is 0.568. The van der Waals surface area contributed by atoms with Crippen LogP contribution in [0.5, 0.6) is 0 Å². The maximum Gasteiger partial charge on any atom is 0.241 e. The molecule has 0 aliphatic carbocycles. The third kappa shape index (κ3) is 4.03. The van der Waals surface area contributed by atoms with Crippen molar-refractivity contribution in [2.75, 3.05) is 6.54 Å². The molecule has 1 heterocycles. The Morgan fingerprint density at radius 2 is 1.71 bits per heavy atom. The summed E-state index contributed by atoms with van der Waals surface area (Å²) in [4.78, 5) is 3.73. The molecule has 0 amide bonds. The van der Waals surface area contributed by atoms with Crippen molar-refractivity contribution in [1.29, 1.82) is 0 Å². The van der Waals surface area contributed by atoms with E-state index in [1.807, 2.05) is 0 Å². The predicted molar refractivity (Wildman–Crippen MR) is 106 cm³/mol. The summed E-state index contributed by atoms with van der Waals surface area (Å²) in [6, 6.07) is 11.9. The fraction of sp³-hybridized carbons (Fsp3) is 0.167. The van der Waals surface area contributed by atoms with Crippen molar-refractivity contribution in [1.82, 2.24) is 9.71 Å². The summed E-state index contributed by atoms with van der Waals surface area (Å²) in [5.74, 6) is 0. The minimum Gasteiger partial charge on any atom is -0.376 e. The fourth-order valence-electron chi connectivity index (χ4n) is 2.63. The number of hydrogen-bond donors (Lipinski definition) is 2. The number of aliphatic hydroxyl groups excluding tert-OH is 1. The molecule has 7 nitrogen and oxygen atoms in total. The SMILES string of the molecule is Cc1ccc(S(=O)(=O)C(O)CNS(=O)(=O)c2cccc3c(Cl)nccc23)cc1. The number of halogens is 1. The summed E-state index contributed by atoms with van der Waals surface area (Å²) in [6.07, 6.45) is 1.38. The molecule has 0 bridgehead atoms. The fourth-order valence-corrected chi connectivity index (χ4v) is 5.35. The van der Waals surface area contributed by atoms with E-state index in [1.54, 1.807) is 25.1 Å². The summed E-state index contributed by atoms with van der Waals surface area (Å²) in [7, 11) is -8.22. The minimum atomic E-state index is -4.11. The first kappa shape index (κ1) is 20.7. The van der Waals surface area contributed by atoms with E-state index in [9.17, 15) is 21.9 Å². The van der Waals surface area contributed by atoms with Gasteiger partial charge in [-0.25, -0.2) is 26.5 Å². The molecule has 3 aromatic rings. The zero-order valence-corrected chi connectivity index (χ0v) is 17.1. The van der Waals surface area contributed by atoms with Crippen LogP contribution >= 0.6 is 11.6 Å². The molecule has 0 radical (unpaired) electrons. The van der Waals surface area contributed by atoms with Crippen molar-refractivity contribution in [2.24, 2.45) is 0 Å². The van der Waals surface area contributed by atoms with Crippen molar-refractivity contribution in [3.63, 3.8) is 0 Å². The first-order valence-corrected chi connectivity index (χ1v) is 11.6. The van der Waals surface area contributed by atoms with Gasteiger partial charge in [0.05, 0.1) is 16.3 Å². The highest BCUT2D eigenvalue weighted by atomic mass is 35.5. The molecule has 1 aromatic heterocycles. The van der Waals surface area contributed by atoms with E-state index in [1.165, 1.54) is 36.5 Å². The second-order valence-electron chi connectivity index (χ2n) is 6.12. The van der Waals surface area contributed by atoms with Crippen molar-refractivity contribution >= 4 is 42.2 Å². The molecule has 0 aliphatic heterocycles. The number of sulfone groups is 1. The first-order chi connectivity index (χ1) is 13.1. The van der Waals surface area contributed by atoms with Crippen LogP contribution in [0.1, 0.15) is 5.56 Å². The Kier molecular flexibility index (Phi) is 5.74. The van der Waals surface area contributed by atoms with Gasteiger partial charge in [0.15, 0.2) is 5.44 Å². The second-order valence-corrected chi connectivity index (χ2v) is 10.3. The van der Waals surface area contributed by atoms with Gasteiger partial charge in [-0.15, -0.1) is 0 Å². The average Bonchev–Trinajstić information content (AvgIpc) is 2.66. The van der Waals surface area contributed by atoms with E-state index in [2.05, 4.69) is 9.71 Å². The monoisotopic (exact) mass is 440 g/mol. The molecular formula is C18H17ClN2O5S2. The summed E-state index contributed by atoms with van der Waals surface area (Å²) in [5.41, 5.74) is -1.08. The lowest BCUT2D eigenvalue weighted by Crippen LogP contribution is -2.36. The van der Waals surface area contributed by atoms with Crippen LogP contribution in [0.25, 0.3) is 10.8 Å². The number of aromatic nitrogens is 1. The molecule has 0 fully saturated rings. The minimum absolute atomic E-state index is 0.0887. The van der Waals surface area contributed by atoms with Gasteiger partial charge >= 0.3 is 0 Å². The van der Waals surface area contributed by atoms with Gasteiger partial charge < -0.3 is 5.11 Å². The number of hydrogen-bond acceptors (Lipinski definition) is 6. The number of aliphatic hydroxyl groups is 1. The lowest BCUT2D eigenvalue weighted by atomic mass is 10.2. The summed E-state index contributed by atoms with van der Waals surface area (Å²) in [5, 5.41) is 11.1. The van der Waals surface area contributed by atoms with Gasteiger partial charge in [0, 0.05) is 17.0 Å². The molecule has 0 aliphatic rings. The highest BCUT2D eigenvalue weighted by Crippen LogP contribution is 2.27. The molecule has 0 spiro atoms. The Morgan fingerprint density at radius 3 is 2.39 bits per heavy atom. The number of benzene rings is 2. The third-order valence-electron chi connectivity index (χ3n) is 4.16. The number of aryl methyl sites for hydroxylation is 1. The predicted octanol–water partition coefficient (Wildman–Crippen LogP) is 2.27. The number of pyridine rings is 1. The standard InChI is InChI=1S/C18H17ClN2O5S2/c1-12-5-7-13(8-6-12)27(23,24)17(22)11-21-28(25,26)16-4-2-3-15-14(16)9-10-20-18(15)19/h2-10,17,21-22H,11H2,1H3. The number of sulfonamides is 1. The number of nitrogens with one attached hydrogen (secondary N) is 1. The van der Waals surface area contributed by atoms with Crippen LogP contribution in [-0.4, -0.2) is 38.9 Å². The second kappa shape index (κ2) is 7.76. The Balaban J connectivity index is 1.86. The zero-order valence-electron chi connectivity index (χ0n) is 14.7. The normalized spacial score (nSPS) is 13.5. The smallest absolute Gasteiger partial charge is 0.241 e. The van der Waals surface area contributed by atoms with Crippen LogP contribution in [0, 0.1) is 6.92 Å². The van der Waals surface area contributed by atoms with Gasteiger partial charge in [0.2, 0.25) is 19.9 Å². The topological polar surface area (TPSA) is 113 Å². The lowest BCUT2D eigenvalue weighted by Gasteiger charge is -2.14. The molecule has 10 heteroatoms. The largest absolute Gasteiger partial charge is 0.376 e. The van der Waals surface area contributed by atoms with Gasteiger partial charge in [-0.3, -0.25) is 0 Å². The van der Waals surface area contributed by atoms with Crippen LogP contribution in [0.15, 0.2) is 64.5 Å². The molecule has 28 heavy (non-hydrogen) atoms. The van der Waals surface area contributed by atoms with Crippen molar-refractivity contribution in [3.8, 4) is 0 Å². The number of nitrogens with zero attached hydrogens (tertiary/aromatic N) is 1. The molecule has 1 unspecified atom stereocenters. The van der Waals surface area contributed by atoms with Crippen molar-refractivity contribution < 1.29 is 21.9 Å². The molecule has 0 saturated carbocycles. The lowest BCUT2D eigenvalue weighted by molar-refractivity contribution is 0.251. The molecule has 1 atom stereocenters. The van der Waals surface area contributed by atoms with Crippen LogP contribution in [0.3, 0.4) is 0 Å². The molecule has 3 rings (SSSR count). The van der Waals surface area contributed by atoms with Gasteiger partial charge in [-0.1, -0.05) is 41.4 Å². The van der Waals surface area contributed by atoms with Gasteiger partial charge in [-0.2, -0.15) is 0 Å². The van der Waals surface area contributed by atoms with Crippen LogP contribution in [0.2, 0.25) is 5.15 Å². The molecule has 0 saturated heterocycles. The van der Waals surface area contributed by atoms with E-state index >= 15 is 0 Å². The van der Waals surface area contributed by atoms with E-state index in [-0.39, 0.29) is 14.9 Å². The van der Waals surface area contributed by atoms with E-state index < -0.39 is 31.8 Å². The van der Waals surface area contributed by atoms with Gasteiger partial charge in [0.1, 0.15) is 5.15 Å². The summed E-state index contributed by atoms with van der Waals surface area (Å²) < 4.78 is 52.4. The highest BCUT2D eigenvalue weighted by Gasteiger charge is 2.28. The van der Waals surface area contributed by atoms with E-state index in [0.29, 0.717) is 10.8 Å². The van der Waals surface area contributed by atoms with E-state index in [0.717, 1.165) is 5.56 Å².